The Bertz CT molecular complexity index is 460. The molecule has 0 spiro atoms. The Morgan fingerprint density at radius 2 is 2.05 bits per heavy atom. The number of aromatic nitrogens is 1. The molecule has 0 aromatic carbocycles. The van der Waals surface area contributed by atoms with Crippen molar-refractivity contribution in [2.45, 2.75) is 57.5 Å². The van der Waals surface area contributed by atoms with Gasteiger partial charge in [-0.2, -0.15) is 4.98 Å². The van der Waals surface area contributed by atoms with E-state index in [1.165, 1.54) is 25.8 Å². The summed E-state index contributed by atoms with van der Waals surface area (Å²) in [6.45, 7) is 10.4. The van der Waals surface area contributed by atoms with Crippen molar-refractivity contribution in [3.63, 3.8) is 0 Å². The zero-order valence-corrected chi connectivity index (χ0v) is 13.4. The van der Waals surface area contributed by atoms with Gasteiger partial charge in [0.15, 0.2) is 0 Å². The zero-order valence-electron chi connectivity index (χ0n) is 13.4. The number of anilines is 1. The number of hydrogen-bond donors (Lipinski definition) is 1. The second-order valence-electron chi connectivity index (χ2n) is 7.19. The van der Waals surface area contributed by atoms with E-state index in [-0.39, 0.29) is 5.41 Å². The lowest BCUT2D eigenvalue weighted by Crippen LogP contribution is -2.57. The number of hydrogen-bond acceptors (Lipinski definition) is 5. The highest BCUT2D eigenvalue weighted by atomic mass is 16.5. The molecule has 118 valence electrons. The molecule has 2 aliphatic heterocycles. The van der Waals surface area contributed by atoms with Crippen molar-refractivity contribution < 1.29 is 9.15 Å². The number of nitrogens with one attached hydrogen (secondary N) is 1. The standard InChI is InChI=1S/C16H27N3O2/c1-16(2,3)14-11-21-15(18-14)17-10-13-4-7-19(13)12-5-8-20-9-6-12/h11-13H,4-10H2,1-3H3,(H,17,18). The highest BCUT2D eigenvalue weighted by Gasteiger charge is 2.34. The van der Waals surface area contributed by atoms with Crippen LogP contribution < -0.4 is 5.32 Å². The summed E-state index contributed by atoms with van der Waals surface area (Å²) in [5.74, 6) is 0. The van der Waals surface area contributed by atoms with Crippen LogP contribution in [-0.4, -0.2) is 48.3 Å². The normalized spacial score (nSPS) is 24.8. The quantitative estimate of drug-likeness (QED) is 0.925. The molecule has 0 radical (unpaired) electrons. The molecular weight excluding hydrogens is 266 g/mol. The molecule has 0 aliphatic carbocycles. The Morgan fingerprint density at radius 3 is 2.62 bits per heavy atom. The van der Waals surface area contributed by atoms with E-state index < -0.39 is 0 Å². The summed E-state index contributed by atoms with van der Waals surface area (Å²) in [5.41, 5.74) is 1.04. The molecule has 3 heterocycles. The van der Waals surface area contributed by atoms with Gasteiger partial charge in [0.1, 0.15) is 6.26 Å². The molecule has 1 atom stereocenters. The first-order valence-corrected chi connectivity index (χ1v) is 8.07. The molecule has 1 aromatic rings. The van der Waals surface area contributed by atoms with Gasteiger partial charge in [0.2, 0.25) is 0 Å². The number of oxazole rings is 1. The second kappa shape index (κ2) is 5.97. The van der Waals surface area contributed by atoms with Gasteiger partial charge in [0, 0.05) is 43.8 Å². The van der Waals surface area contributed by atoms with Gasteiger partial charge in [0.05, 0.1) is 5.69 Å². The van der Waals surface area contributed by atoms with Crippen LogP contribution in [0.15, 0.2) is 10.7 Å². The Hall–Kier alpha value is -1.07. The molecule has 0 amide bonds. The van der Waals surface area contributed by atoms with Crippen LogP contribution in [-0.2, 0) is 10.2 Å². The maximum absolute atomic E-state index is 5.53. The highest BCUT2D eigenvalue weighted by molar-refractivity contribution is 5.24. The summed E-state index contributed by atoms with van der Waals surface area (Å²) >= 11 is 0. The first-order chi connectivity index (χ1) is 10.0. The third-order valence-corrected chi connectivity index (χ3v) is 4.61. The van der Waals surface area contributed by atoms with Crippen LogP contribution in [0, 0.1) is 0 Å². The predicted molar refractivity (Wildman–Crippen MR) is 82.6 cm³/mol. The van der Waals surface area contributed by atoms with Crippen molar-refractivity contribution in [2.75, 3.05) is 31.6 Å². The fraction of sp³-hybridized carbons (Fsp3) is 0.812. The van der Waals surface area contributed by atoms with Crippen LogP contribution in [0.1, 0.15) is 45.7 Å². The van der Waals surface area contributed by atoms with E-state index in [1.807, 2.05) is 0 Å². The highest BCUT2D eigenvalue weighted by Crippen LogP contribution is 2.27. The van der Waals surface area contributed by atoms with Gasteiger partial charge >= 0.3 is 0 Å². The molecule has 1 aromatic heterocycles. The molecule has 5 heteroatoms. The van der Waals surface area contributed by atoms with E-state index in [0.29, 0.717) is 18.1 Å². The van der Waals surface area contributed by atoms with E-state index in [1.54, 1.807) is 6.26 Å². The summed E-state index contributed by atoms with van der Waals surface area (Å²) in [6, 6.07) is 1.96. The summed E-state index contributed by atoms with van der Waals surface area (Å²) in [7, 11) is 0. The van der Waals surface area contributed by atoms with Gasteiger partial charge in [-0.1, -0.05) is 20.8 Å². The lowest BCUT2D eigenvalue weighted by atomic mass is 9.93. The van der Waals surface area contributed by atoms with Crippen molar-refractivity contribution in [1.82, 2.24) is 9.88 Å². The molecule has 0 bridgehead atoms. The van der Waals surface area contributed by atoms with E-state index in [0.717, 1.165) is 25.5 Å². The minimum atomic E-state index is 0.0357. The monoisotopic (exact) mass is 293 g/mol. The van der Waals surface area contributed by atoms with Crippen molar-refractivity contribution in [3.05, 3.63) is 12.0 Å². The van der Waals surface area contributed by atoms with Crippen LogP contribution in [0.25, 0.3) is 0 Å². The molecule has 1 N–H and O–H groups in total. The maximum Gasteiger partial charge on any atom is 0.294 e. The average Bonchev–Trinajstić information content (AvgIpc) is 2.88. The molecule has 2 saturated heterocycles. The number of rotatable bonds is 4. The van der Waals surface area contributed by atoms with Gasteiger partial charge in [-0.25, -0.2) is 0 Å². The Kier molecular flexibility index (Phi) is 4.22. The third kappa shape index (κ3) is 3.40. The Balaban J connectivity index is 1.50. The molecule has 21 heavy (non-hydrogen) atoms. The molecule has 3 rings (SSSR count). The summed E-state index contributed by atoms with van der Waals surface area (Å²) < 4.78 is 11.0. The van der Waals surface area contributed by atoms with Crippen LogP contribution in [0.5, 0.6) is 0 Å². The lowest BCUT2D eigenvalue weighted by Gasteiger charge is -2.47. The predicted octanol–water partition coefficient (Wildman–Crippen LogP) is 2.64. The fourth-order valence-electron chi connectivity index (χ4n) is 3.08. The van der Waals surface area contributed by atoms with Crippen LogP contribution in [0.3, 0.4) is 0 Å². The van der Waals surface area contributed by atoms with Gasteiger partial charge < -0.3 is 14.5 Å². The average molecular weight is 293 g/mol. The smallest absolute Gasteiger partial charge is 0.294 e. The molecule has 2 fully saturated rings. The molecule has 0 saturated carbocycles. The number of nitrogens with zero attached hydrogens (tertiary/aromatic N) is 2. The van der Waals surface area contributed by atoms with Gasteiger partial charge in [-0.05, 0) is 19.3 Å². The van der Waals surface area contributed by atoms with Gasteiger partial charge in [-0.15, -0.1) is 0 Å². The van der Waals surface area contributed by atoms with Crippen LogP contribution in [0.2, 0.25) is 0 Å². The van der Waals surface area contributed by atoms with Crippen molar-refractivity contribution in [2.24, 2.45) is 0 Å². The van der Waals surface area contributed by atoms with Crippen molar-refractivity contribution in [1.29, 1.82) is 0 Å². The summed E-state index contributed by atoms with van der Waals surface area (Å²) in [6.07, 6.45) is 5.36. The van der Waals surface area contributed by atoms with E-state index in [4.69, 9.17) is 9.15 Å². The number of likely N-dealkylation sites (tertiary alicyclic amines) is 1. The topological polar surface area (TPSA) is 50.5 Å². The summed E-state index contributed by atoms with van der Waals surface area (Å²) in [5, 5.41) is 3.36. The first-order valence-electron chi connectivity index (χ1n) is 8.07. The van der Waals surface area contributed by atoms with E-state index in [2.05, 4.69) is 36.0 Å². The number of ether oxygens (including phenoxy) is 1. The molecule has 1 unspecified atom stereocenters. The molecular formula is C16H27N3O2. The second-order valence-corrected chi connectivity index (χ2v) is 7.19. The summed E-state index contributed by atoms with van der Waals surface area (Å²) in [4.78, 5) is 7.15. The van der Waals surface area contributed by atoms with Crippen LogP contribution in [0.4, 0.5) is 6.01 Å². The van der Waals surface area contributed by atoms with Gasteiger partial charge in [-0.3, -0.25) is 4.90 Å². The largest absolute Gasteiger partial charge is 0.432 e. The van der Waals surface area contributed by atoms with Crippen LogP contribution >= 0.6 is 0 Å². The minimum Gasteiger partial charge on any atom is -0.432 e. The minimum absolute atomic E-state index is 0.0357. The van der Waals surface area contributed by atoms with E-state index in [9.17, 15) is 0 Å². The third-order valence-electron chi connectivity index (χ3n) is 4.61. The van der Waals surface area contributed by atoms with Crippen molar-refractivity contribution >= 4 is 6.01 Å². The molecule has 2 aliphatic rings. The SMILES string of the molecule is CC(C)(C)c1coc(NCC2CCN2C2CCOCC2)n1. The van der Waals surface area contributed by atoms with E-state index >= 15 is 0 Å². The Labute approximate surface area is 127 Å². The Morgan fingerprint density at radius 1 is 1.29 bits per heavy atom. The lowest BCUT2D eigenvalue weighted by molar-refractivity contribution is -0.0190. The van der Waals surface area contributed by atoms with Gasteiger partial charge in [0.25, 0.3) is 6.01 Å². The molecule has 5 nitrogen and oxygen atoms in total. The zero-order chi connectivity index (χ0) is 14.9. The fourth-order valence-corrected chi connectivity index (χ4v) is 3.08. The first kappa shape index (κ1) is 14.9. The maximum atomic E-state index is 5.53. The van der Waals surface area contributed by atoms with Crippen molar-refractivity contribution in [3.8, 4) is 0 Å².